The Hall–Kier alpha value is -1.99. The SMILES string of the molecule is CCOc1ccc(C(=O)Nc2cc(C(=O)OC)sc2SC)cc1. The van der Waals surface area contributed by atoms with Gasteiger partial charge in [-0.2, -0.15) is 0 Å². The summed E-state index contributed by atoms with van der Waals surface area (Å²) < 4.78 is 10.9. The first-order chi connectivity index (χ1) is 11.1. The molecular weight excluding hydrogens is 334 g/mol. The van der Waals surface area contributed by atoms with Gasteiger partial charge in [-0.25, -0.2) is 4.79 Å². The van der Waals surface area contributed by atoms with Gasteiger partial charge >= 0.3 is 5.97 Å². The Morgan fingerprint density at radius 1 is 1.26 bits per heavy atom. The number of anilines is 1. The highest BCUT2D eigenvalue weighted by Crippen LogP contribution is 2.35. The van der Waals surface area contributed by atoms with Crippen molar-refractivity contribution in [1.82, 2.24) is 0 Å². The van der Waals surface area contributed by atoms with Gasteiger partial charge in [-0.15, -0.1) is 23.1 Å². The second kappa shape index (κ2) is 8.03. The summed E-state index contributed by atoms with van der Waals surface area (Å²) in [5.74, 6) is 0.0711. The van der Waals surface area contributed by atoms with Gasteiger partial charge in [-0.05, 0) is 43.5 Å². The van der Waals surface area contributed by atoms with E-state index in [1.807, 2.05) is 13.2 Å². The molecule has 0 bridgehead atoms. The Bertz CT molecular complexity index is 695. The molecule has 0 aliphatic heterocycles. The third-order valence-corrected chi connectivity index (χ3v) is 5.20. The van der Waals surface area contributed by atoms with Crippen molar-refractivity contribution in [1.29, 1.82) is 0 Å². The zero-order chi connectivity index (χ0) is 16.8. The van der Waals surface area contributed by atoms with Crippen LogP contribution in [0, 0.1) is 0 Å². The lowest BCUT2D eigenvalue weighted by atomic mass is 10.2. The van der Waals surface area contributed by atoms with Gasteiger partial charge in [0.25, 0.3) is 5.91 Å². The molecule has 23 heavy (non-hydrogen) atoms. The van der Waals surface area contributed by atoms with Crippen LogP contribution >= 0.6 is 23.1 Å². The number of carbonyl (C=O) groups is 2. The molecule has 1 amide bonds. The normalized spacial score (nSPS) is 10.2. The molecule has 0 radical (unpaired) electrons. The van der Waals surface area contributed by atoms with E-state index in [2.05, 4.69) is 5.32 Å². The molecule has 0 aliphatic rings. The smallest absolute Gasteiger partial charge is 0.348 e. The van der Waals surface area contributed by atoms with E-state index in [-0.39, 0.29) is 5.91 Å². The number of esters is 1. The van der Waals surface area contributed by atoms with E-state index in [1.54, 1.807) is 30.3 Å². The molecule has 1 aromatic carbocycles. The maximum atomic E-state index is 12.3. The molecule has 0 spiro atoms. The van der Waals surface area contributed by atoms with Crippen LogP contribution in [-0.2, 0) is 4.74 Å². The fourth-order valence-electron chi connectivity index (χ4n) is 1.88. The first-order valence-electron chi connectivity index (χ1n) is 6.89. The number of rotatable bonds is 6. The molecule has 0 aliphatic carbocycles. The molecule has 0 saturated heterocycles. The molecule has 1 aromatic heterocycles. The van der Waals surface area contributed by atoms with Crippen LogP contribution in [0.15, 0.2) is 34.5 Å². The van der Waals surface area contributed by atoms with Gasteiger partial charge in [0, 0.05) is 5.56 Å². The lowest BCUT2D eigenvalue weighted by Crippen LogP contribution is -2.11. The van der Waals surface area contributed by atoms with E-state index in [9.17, 15) is 9.59 Å². The van der Waals surface area contributed by atoms with E-state index in [0.29, 0.717) is 22.7 Å². The first kappa shape index (κ1) is 17.4. The Labute approximate surface area is 143 Å². The largest absolute Gasteiger partial charge is 0.494 e. The van der Waals surface area contributed by atoms with Gasteiger partial charge in [0.1, 0.15) is 10.6 Å². The highest BCUT2D eigenvalue weighted by atomic mass is 32.2. The highest BCUT2D eigenvalue weighted by molar-refractivity contribution is 8.00. The van der Waals surface area contributed by atoms with Crippen LogP contribution in [0.25, 0.3) is 0 Å². The second-order valence-electron chi connectivity index (χ2n) is 4.42. The van der Waals surface area contributed by atoms with Crippen molar-refractivity contribution in [3.63, 3.8) is 0 Å². The summed E-state index contributed by atoms with van der Waals surface area (Å²) in [6.45, 7) is 2.48. The van der Waals surface area contributed by atoms with Crippen LogP contribution < -0.4 is 10.1 Å². The molecule has 0 fully saturated rings. The number of hydrogen-bond acceptors (Lipinski definition) is 6. The average molecular weight is 351 g/mol. The van der Waals surface area contributed by atoms with Gasteiger partial charge < -0.3 is 14.8 Å². The number of thiophene rings is 1. The van der Waals surface area contributed by atoms with Gasteiger partial charge in [-0.3, -0.25) is 4.79 Å². The van der Waals surface area contributed by atoms with Crippen LogP contribution in [-0.4, -0.2) is 31.8 Å². The van der Waals surface area contributed by atoms with E-state index < -0.39 is 5.97 Å². The molecule has 5 nitrogen and oxygen atoms in total. The molecule has 2 aromatic rings. The summed E-state index contributed by atoms with van der Waals surface area (Å²) in [5, 5.41) is 2.83. The summed E-state index contributed by atoms with van der Waals surface area (Å²) in [4.78, 5) is 24.4. The van der Waals surface area contributed by atoms with E-state index in [0.717, 1.165) is 9.96 Å². The van der Waals surface area contributed by atoms with Crippen LogP contribution in [0.3, 0.4) is 0 Å². The number of nitrogens with one attached hydrogen (secondary N) is 1. The molecule has 1 N–H and O–H groups in total. The topological polar surface area (TPSA) is 64.6 Å². The average Bonchev–Trinajstić information content (AvgIpc) is 2.98. The van der Waals surface area contributed by atoms with Crippen molar-refractivity contribution in [2.45, 2.75) is 11.1 Å². The minimum absolute atomic E-state index is 0.238. The van der Waals surface area contributed by atoms with Crippen molar-refractivity contribution in [3.8, 4) is 5.75 Å². The molecule has 0 unspecified atom stereocenters. The Kier molecular flexibility index (Phi) is 6.06. The molecule has 122 valence electrons. The van der Waals surface area contributed by atoms with Gasteiger partial charge in [0.15, 0.2) is 0 Å². The third-order valence-electron chi connectivity index (χ3n) is 2.95. The number of amides is 1. The summed E-state index contributed by atoms with van der Waals surface area (Å²) in [5.41, 5.74) is 1.13. The molecular formula is C16H17NO4S2. The first-order valence-corrected chi connectivity index (χ1v) is 8.93. The second-order valence-corrected chi connectivity index (χ2v) is 6.55. The molecule has 0 saturated carbocycles. The van der Waals surface area contributed by atoms with Crippen molar-refractivity contribution in [2.24, 2.45) is 0 Å². The number of carbonyl (C=O) groups excluding carboxylic acids is 2. The van der Waals surface area contributed by atoms with Crippen molar-refractivity contribution in [3.05, 3.63) is 40.8 Å². The van der Waals surface area contributed by atoms with Crippen LogP contribution in [0.5, 0.6) is 5.75 Å². The quantitative estimate of drug-likeness (QED) is 0.631. The maximum absolute atomic E-state index is 12.3. The number of ether oxygens (including phenoxy) is 2. The Morgan fingerprint density at radius 2 is 1.96 bits per heavy atom. The monoisotopic (exact) mass is 351 g/mol. The van der Waals surface area contributed by atoms with Gasteiger partial charge in [0.05, 0.1) is 23.6 Å². The highest BCUT2D eigenvalue weighted by Gasteiger charge is 2.17. The predicted octanol–water partition coefficient (Wildman–Crippen LogP) is 3.91. The van der Waals surface area contributed by atoms with E-state index in [4.69, 9.17) is 9.47 Å². The van der Waals surface area contributed by atoms with Crippen LogP contribution in [0.1, 0.15) is 27.0 Å². The molecule has 0 atom stereocenters. The number of hydrogen-bond donors (Lipinski definition) is 1. The number of methoxy groups -OCH3 is 1. The zero-order valence-corrected chi connectivity index (χ0v) is 14.7. The summed E-state index contributed by atoms with van der Waals surface area (Å²) in [7, 11) is 1.33. The Balaban J connectivity index is 2.16. The number of benzene rings is 1. The van der Waals surface area contributed by atoms with E-state index >= 15 is 0 Å². The summed E-state index contributed by atoms with van der Waals surface area (Å²) >= 11 is 2.76. The minimum Gasteiger partial charge on any atom is -0.494 e. The fraction of sp³-hybridized carbons (Fsp3) is 0.250. The minimum atomic E-state index is -0.410. The number of thioether (sulfide) groups is 1. The van der Waals surface area contributed by atoms with Gasteiger partial charge in [-0.1, -0.05) is 0 Å². The Morgan fingerprint density at radius 3 is 2.52 bits per heavy atom. The lowest BCUT2D eigenvalue weighted by molar-refractivity contribution is 0.0606. The van der Waals surface area contributed by atoms with Gasteiger partial charge in [0.2, 0.25) is 0 Å². The zero-order valence-electron chi connectivity index (χ0n) is 13.0. The van der Waals surface area contributed by atoms with Crippen molar-refractivity contribution < 1.29 is 19.1 Å². The molecule has 7 heteroatoms. The summed E-state index contributed by atoms with van der Waals surface area (Å²) in [6.07, 6.45) is 1.89. The van der Waals surface area contributed by atoms with Crippen molar-refractivity contribution in [2.75, 3.05) is 25.3 Å². The third kappa shape index (κ3) is 4.27. The molecule has 2 rings (SSSR count). The maximum Gasteiger partial charge on any atom is 0.348 e. The predicted molar refractivity (Wildman–Crippen MR) is 93.0 cm³/mol. The fourth-order valence-corrected chi connectivity index (χ4v) is 3.57. The van der Waals surface area contributed by atoms with Crippen LogP contribution in [0.4, 0.5) is 5.69 Å². The lowest BCUT2D eigenvalue weighted by Gasteiger charge is -2.06. The standard InChI is InChI=1S/C16H17NO4S2/c1-4-21-11-7-5-10(6-8-11)14(18)17-12-9-13(15(19)20-2)23-16(12)22-3/h5-9H,4H2,1-3H3,(H,17,18). The summed E-state index contributed by atoms with van der Waals surface area (Å²) in [6, 6.07) is 8.54. The van der Waals surface area contributed by atoms with Crippen molar-refractivity contribution >= 4 is 40.7 Å². The van der Waals surface area contributed by atoms with E-state index in [1.165, 1.54) is 30.2 Å². The molecule has 1 heterocycles. The van der Waals surface area contributed by atoms with Crippen LogP contribution in [0.2, 0.25) is 0 Å².